The van der Waals surface area contributed by atoms with Crippen molar-refractivity contribution < 1.29 is 0 Å². The summed E-state index contributed by atoms with van der Waals surface area (Å²) in [6.07, 6.45) is 5.37. The molecule has 0 amide bonds. The van der Waals surface area contributed by atoms with E-state index in [-0.39, 0.29) is 0 Å². The van der Waals surface area contributed by atoms with E-state index in [0.717, 1.165) is 23.6 Å². The number of fused-ring (bicyclic) bond motifs is 1. The maximum Gasteiger partial charge on any atom is 0.123 e. The minimum absolute atomic E-state index is 0.784. The molecule has 2 N–H and O–H groups in total. The zero-order valence-electron chi connectivity index (χ0n) is 11.6. The number of hydrogen-bond donors (Lipinski definition) is 1. The van der Waals surface area contributed by atoms with Crippen LogP contribution in [0, 0.1) is 0 Å². The average molecular weight is 258 g/mol. The fourth-order valence-corrected chi connectivity index (χ4v) is 2.90. The average Bonchev–Trinajstić information content (AvgIpc) is 2.58. The lowest BCUT2D eigenvalue weighted by Crippen LogP contribution is -2.25. The second-order valence-electron chi connectivity index (χ2n) is 5.53. The highest BCUT2D eigenvalue weighted by molar-refractivity contribution is 5.79. The number of nitrogens with two attached hydrogens (primary N) is 1. The van der Waals surface area contributed by atoms with Gasteiger partial charge in [-0.2, -0.15) is 0 Å². The molecule has 1 aromatic carbocycles. The third-order valence-electron chi connectivity index (χ3n) is 4.06. The monoisotopic (exact) mass is 258 g/mol. The third-order valence-corrected chi connectivity index (χ3v) is 4.06. The standard InChI is InChI=1S/C15H22N4/c1-18-14-7-6-12(16)10-13(14)17-15(18)11-19-8-4-2-3-5-9-19/h6-7,10H,2-5,8-9,11,16H2,1H3. The lowest BCUT2D eigenvalue weighted by molar-refractivity contribution is 0.268. The highest BCUT2D eigenvalue weighted by Crippen LogP contribution is 2.20. The predicted octanol–water partition coefficient (Wildman–Crippen LogP) is 2.53. The van der Waals surface area contributed by atoms with Crippen LogP contribution < -0.4 is 5.73 Å². The van der Waals surface area contributed by atoms with Gasteiger partial charge in [-0.15, -0.1) is 0 Å². The van der Waals surface area contributed by atoms with Crippen LogP contribution in [-0.2, 0) is 13.6 Å². The van der Waals surface area contributed by atoms with Gasteiger partial charge in [-0.25, -0.2) is 4.98 Å². The molecule has 102 valence electrons. The molecule has 0 atom stereocenters. The van der Waals surface area contributed by atoms with E-state index < -0.39 is 0 Å². The summed E-state index contributed by atoms with van der Waals surface area (Å²) in [6.45, 7) is 3.35. The van der Waals surface area contributed by atoms with Crippen LogP contribution in [0.2, 0.25) is 0 Å². The summed E-state index contributed by atoms with van der Waals surface area (Å²) in [6, 6.07) is 5.96. The van der Waals surface area contributed by atoms with Gasteiger partial charge in [-0.1, -0.05) is 12.8 Å². The highest BCUT2D eigenvalue weighted by atomic mass is 15.2. The zero-order chi connectivity index (χ0) is 13.2. The maximum absolute atomic E-state index is 5.83. The molecular formula is C15H22N4. The Morgan fingerprint density at radius 2 is 1.89 bits per heavy atom. The van der Waals surface area contributed by atoms with E-state index in [4.69, 9.17) is 10.7 Å². The number of anilines is 1. The SMILES string of the molecule is Cn1c(CN2CCCCCC2)nc2cc(N)ccc21. The van der Waals surface area contributed by atoms with Crippen molar-refractivity contribution in [3.8, 4) is 0 Å². The number of likely N-dealkylation sites (tertiary alicyclic amines) is 1. The van der Waals surface area contributed by atoms with Crippen molar-refractivity contribution in [2.45, 2.75) is 32.2 Å². The first kappa shape index (κ1) is 12.5. The van der Waals surface area contributed by atoms with Gasteiger partial charge >= 0.3 is 0 Å². The zero-order valence-corrected chi connectivity index (χ0v) is 11.6. The first-order chi connectivity index (χ1) is 9.24. The van der Waals surface area contributed by atoms with Crippen LogP contribution >= 0.6 is 0 Å². The summed E-state index contributed by atoms with van der Waals surface area (Å²) in [5, 5.41) is 0. The van der Waals surface area contributed by atoms with Crippen molar-refractivity contribution in [1.29, 1.82) is 0 Å². The van der Waals surface area contributed by atoms with Crippen LogP contribution in [0.4, 0.5) is 5.69 Å². The van der Waals surface area contributed by atoms with E-state index in [1.807, 2.05) is 12.1 Å². The lowest BCUT2D eigenvalue weighted by Gasteiger charge is -2.19. The van der Waals surface area contributed by atoms with Crippen LogP contribution in [0.25, 0.3) is 11.0 Å². The number of benzene rings is 1. The topological polar surface area (TPSA) is 47.1 Å². The Balaban J connectivity index is 1.85. The van der Waals surface area contributed by atoms with E-state index in [1.54, 1.807) is 0 Å². The molecule has 0 saturated carbocycles. The second kappa shape index (κ2) is 5.21. The smallest absolute Gasteiger partial charge is 0.123 e. The van der Waals surface area contributed by atoms with Crippen molar-refractivity contribution >= 4 is 16.7 Å². The molecule has 19 heavy (non-hydrogen) atoms. The number of nitrogen functional groups attached to an aromatic ring is 1. The maximum atomic E-state index is 5.83. The Labute approximate surface area is 114 Å². The Morgan fingerprint density at radius 3 is 2.63 bits per heavy atom. The molecule has 1 aromatic heterocycles. The van der Waals surface area contributed by atoms with Crippen LogP contribution in [0.15, 0.2) is 18.2 Å². The Bertz CT molecular complexity index is 565. The second-order valence-corrected chi connectivity index (χ2v) is 5.53. The van der Waals surface area contributed by atoms with E-state index in [9.17, 15) is 0 Å². The van der Waals surface area contributed by atoms with Gasteiger partial charge in [-0.3, -0.25) is 4.90 Å². The van der Waals surface area contributed by atoms with E-state index >= 15 is 0 Å². The lowest BCUT2D eigenvalue weighted by atomic mass is 10.2. The number of aryl methyl sites for hydroxylation is 1. The van der Waals surface area contributed by atoms with Gasteiger partial charge in [0.05, 0.1) is 17.6 Å². The van der Waals surface area contributed by atoms with Gasteiger partial charge in [0.2, 0.25) is 0 Å². The Morgan fingerprint density at radius 1 is 1.16 bits per heavy atom. The first-order valence-electron chi connectivity index (χ1n) is 7.17. The summed E-state index contributed by atoms with van der Waals surface area (Å²) in [7, 11) is 2.10. The quantitative estimate of drug-likeness (QED) is 0.842. The molecule has 1 aliphatic rings. The van der Waals surface area contributed by atoms with E-state index in [1.165, 1.54) is 44.3 Å². The molecular weight excluding hydrogens is 236 g/mol. The van der Waals surface area contributed by atoms with Gasteiger partial charge < -0.3 is 10.3 Å². The summed E-state index contributed by atoms with van der Waals surface area (Å²) < 4.78 is 2.19. The number of hydrogen-bond acceptors (Lipinski definition) is 3. The molecule has 0 aliphatic carbocycles. The predicted molar refractivity (Wildman–Crippen MR) is 78.9 cm³/mol. The molecule has 0 unspecified atom stereocenters. The molecule has 1 aliphatic heterocycles. The minimum Gasteiger partial charge on any atom is -0.399 e. The molecule has 0 radical (unpaired) electrons. The molecule has 2 heterocycles. The van der Waals surface area contributed by atoms with Crippen LogP contribution in [0.5, 0.6) is 0 Å². The summed E-state index contributed by atoms with van der Waals surface area (Å²) >= 11 is 0. The van der Waals surface area contributed by atoms with Crippen molar-refractivity contribution in [2.75, 3.05) is 18.8 Å². The van der Waals surface area contributed by atoms with Crippen LogP contribution in [-0.4, -0.2) is 27.5 Å². The van der Waals surface area contributed by atoms with Crippen molar-refractivity contribution in [3.05, 3.63) is 24.0 Å². The molecule has 4 heteroatoms. The molecule has 0 spiro atoms. The number of aromatic nitrogens is 2. The van der Waals surface area contributed by atoms with E-state index in [2.05, 4.69) is 22.6 Å². The first-order valence-corrected chi connectivity index (χ1v) is 7.17. The number of nitrogens with zero attached hydrogens (tertiary/aromatic N) is 3. The molecule has 0 bridgehead atoms. The largest absolute Gasteiger partial charge is 0.399 e. The summed E-state index contributed by atoms with van der Waals surface area (Å²) in [5.41, 5.74) is 8.79. The molecule has 1 saturated heterocycles. The van der Waals surface area contributed by atoms with Gasteiger partial charge in [-0.05, 0) is 44.1 Å². The normalized spacial score (nSPS) is 17.7. The van der Waals surface area contributed by atoms with E-state index in [0.29, 0.717) is 0 Å². The molecule has 2 aromatic rings. The number of rotatable bonds is 2. The fourth-order valence-electron chi connectivity index (χ4n) is 2.90. The molecule has 1 fully saturated rings. The van der Waals surface area contributed by atoms with Crippen molar-refractivity contribution in [1.82, 2.24) is 14.5 Å². The summed E-state index contributed by atoms with van der Waals surface area (Å²) in [4.78, 5) is 7.26. The van der Waals surface area contributed by atoms with Crippen molar-refractivity contribution in [2.24, 2.45) is 7.05 Å². The number of imidazole rings is 1. The Kier molecular flexibility index (Phi) is 3.42. The van der Waals surface area contributed by atoms with Crippen LogP contribution in [0.3, 0.4) is 0 Å². The van der Waals surface area contributed by atoms with Crippen LogP contribution in [0.1, 0.15) is 31.5 Å². The van der Waals surface area contributed by atoms with Gasteiger partial charge in [0, 0.05) is 12.7 Å². The van der Waals surface area contributed by atoms with Gasteiger partial charge in [0.25, 0.3) is 0 Å². The fraction of sp³-hybridized carbons (Fsp3) is 0.533. The van der Waals surface area contributed by atoms with Gasteiger partial charge in [0.1, 0.15) is 5.82 Å². The minimum atomic E-state index is 0.784. The third kappa shape index (κ3) is 2.59. The highest BCUT2D eigenvalue weighted by Gasteiger charge is 2.14. The molecule has 3 rings (SSSR count). The van der Waals surface area contributed by atoms with Crippen molar-refractivity contribution in [3.63, 3.8) is 0 Å². The molecule has 4 nitrogen and oxygen atoms in total. The Hall–Kier alpha value is -1.55. The van der Waals surface area contributed by atoms with Gasteiger partial charge in [0.15, 0.2) is 0 Å². The summed E-state index contributed by atoms with van der Waals surface area (Å²) in [5.74, 6) is 1.14.